The maximum atomic E-state index is 6.73. The molecule has 166 valence electrons. The molecule has 1 aromatic heterocycles. The SMILES string of the molecule is CN1CCN(CCN=C(N)C(=C(N)c2cnn(C)c2)/C(Cl)=C(\N)c2ccccc2)CC1. The van der Waals surface area contributed by atoms with E-state index in [2.05, 4.69) is 26.9 Å². The van der Waals surface area contributed by atoms with Gasteiger partial charge in [-0.25, -0.2) is 0 Å². The Morgan fingerprint density at radius 3 is 2.29 bits per heavy atom. The summed E-state index contributed by atoms with van der Waals surface area (Å²) in [6.45, 7) is 5.53. The Hall–Kier alpha value is -2.81. The summed E-state index contributed by atoms with van der Waals surface area (Å²) >= 11 is 6.73. The minimum Gasteiger partial charge on any atom is -0.398 e. The van der Waals surface area contributed by atoms with E-state index in [4.69, 9.17) is 28.8 Å². The molecule has 1 saturated heterocycles. The van der Waals surface area contributed by atoms with E-state index in [0.29, 0.717) is 29.1 Å². The van der Waals surface area contributed by atoms with Crippen LogP contribution in [0.4, 0.5) is 0 Å². The number of aryl methyl sites for hydroxylation is 1. The van der Waals surface area contributed by atoms with E-state index in [1.807, 2.05) is 37.4 Å². The Balaban J connectivity index is 1.90. The maximum Gasteiger partial charge on any atom is 0.129 e. The van der Waals surface area contributed by atoms with Gasteiger partial charge in [-0.3, -0.25) is 14.6 Å². The number of piperazine rings is 1. The molecule has 31 heavy (non-hydrogen) atoms. The largest absolute Gasteiger partial charge is 0.398 e. The second-order valence-corrected chi connectivity index (χ2v) is 8.07. The number of halogens is 1. The van der Waals surface area contributed by atoms with Crippen LogP contribution in [0.15, 0.2) is 58.3 Å². The first kappa shape index (κ1) is 22.9. The summed E-state index contributed by atoms with van der Waals surface area (Å²) in [6, 6.07) is 9.48. The predicted octanol–water partition coefficient (Wildman–Crippen LogP) is 1.26. The van der Waals surface area contributed by atoms with Gasteiger partial charge in [-0.15, -0.1) is 0 Å². The van der Waals surface area contributed by atoms with E-state index in [9.17, 15) is 0 Å². The molecule has 1 aliphatic rings. The first-order valence-electron chi connectivity index (χ1n) is 10.3. The van der Waals surface area contributed by atoms with Crippen molar-refractivity contribution in [3.8, 4) is 0 Å². The number of nitrogens with zero attached hydrogens (tertiary/aromatic N) is 5. The lowest BCUT2D eigenvalue weighted by Crippen LogP contribution is -2.45. The van der Waals surface area contributed by atoms with Gasteiger partial charge < -0.3 is 22.1 Å². The van der Waals surface area contributed by atoms with Gasteiger partial charge in [-0.05, 0) is 12.6 Å². The average Bonchev–Trinajstić information content (AvgIpc) is 3.21. The summed E-state index contributed by atoms with van der Waals surface area (Å²) in [5.41, 5.74) is 21.9. The summed E-state index contributed by atoms with van der Waals surface area (Å²) in [6.07, 6.45) is 3.46. The van der Waals surface area contributed by atoms with Crippen molar-refractivity contribution in [3.63, 3.8) is 0 Å². The monoisotopic (exact) mass is 442 g/mol. The fourth-order valence-electron chi connectivity index (χ4n) is 3.41. The van der Waals surface area contributed by atoms with Gasteiger partial charge in [-0.2, -0.15) is 5.10 Å². The molecular weight excluding hydrogens is 412 g/mol. The summed E-state index contributed by atoms with van der Waals surface area (Å²) in [4.78, 5) is 9.28. The average molecular weight is 443 g/mol. The fourth-order valence-corrected chi connectivity index (χ4v) is 3.72. The number of hydrogen-bond acceptors (Lipinski definition) is 6. The van der Waals surface area contributed by atoms with Crippen LogP contribution in [0.25, 0.3) is 11.4 Å². The van der Waals surface area contributed by atoms with Crippen molar-refractivity contribution >= 4 is 28.8 Å². The van der Waals surface area contributed by atoms with Crippen LogP contribution in [-0.2, 0) is 7.05 Å². The molecule has 0 amide bonds. The fraction of sp³-hybridized carbons (Fsp3) is 0.364. The smallest absolute Gasteiger partial charge is 0.129 e. The first-order chi connectivity index (χ1) is 14.9. The number of aromatic nitrogens is 2. The van der Waals surface area contributed by atoms with E-state index in [-0.39, 0.29) is 10.9 Å². The van der Waals surface area contributed by atoms with Crippen molar-refractivity contribution in [3.05, 3.63) is 64.5 Å². The van der Waals surface area contributed by atoms with Crippen LogP contribution in [0.3, 0.4) is 0 Å². The summed E-state index contributed by atoms with van der Waals surface area (Å²) in [5.74, 6) is 0.263. The number of aliphatic imine (C=N–C) groups is 1. The van der Waals surface area contributed by atoms with Crippen LogP contribution < -0.4 is 17.2 Å². The Bertz CT molecular complexity index is 968. The predicted molar refractivity (Wildman–Crippen MR) is 128 cm³/mol. The van der Waals surface area contributed by atoms with Crippen LogP contribution >= 0.6 is 11.6 Å². The number of benzene rings is 1. The summed E-state index contributed by atoms with van der Waals surface area (Å²) in [7, 11) is 3.96. The Labute approximate surface area is 188 Å². The molecule has 1 fully saturated rings. The molecule has 0 bridgehead atoms. The third-order valence-electron chi connectivity index (χ3n) is 5.38. The topological polar surface area (TPSA) is 115 Å². The van der Waals surface area contributed by atoms with Gasteiger partial charge in [0.15, 0.2) is 0 Å². The summed E-state index contributed by atoms with van der Waals surface area (Å²) < 4.78 is 1.67. The van der Waals surface area contributed by atoms with E-state index < -0.39 is 0 Å². The zero-order valence-electron chi connectivity index (χ0n) is 18.1. The molecular formula is C22H31ClN8. The van der Waals surface area contributed by atoms with Crippen molar-refractivity contribution in [1.82, 2.24) is 19.6 Å². The second-order valence-electron chi connectivity index (χ2n) is 7.70. The molecule has 6 N–H and O–H groups in total. The van der Waals surface area contributed by atoms with Gasteiger partial charge in [-0.1, -0.05) is 41.9 Å². The lowest BCUT2D eigenvalue weighted by Gasteiger charge is -2.31. The van der Waals surface area contributed by atoms with E-state index in [1.54, 1.807) is 17.1 Å². The number of hydrogen-bond donors (Lipinski definition) is 3. The molecule has 0 radical (unpaired) electrons. The quantitative estimate of drug-likeness (QED) is 0.338. The van der Waals surface area contributed by atoms with Gasteiger partial charge in [0, 0.05) is 51.5 Å². The number of rotatable bonds is 7. The molecule has 0 aliphatic carbocycles. The Morgan fingerprint density at radius 2 is 1.68 bits per heavy atom. The molecule has 0 atom stereocenters. The van der Waals surface area contributed by atoms with Gasteiger partial charge >= 0.3 is 0 Å². The normalized spacial score (nSPS) is 18.0. The highest BCUT2D eigenvalue weighted by molar-refractivity contribution is 6.39. The maximum absolute atomic E-state index is 6.73. The highest BCUT2D eigenvalue weighted by Gasteiger charge is 2.19. The minimum absolute atomic E-state index is 0.263. The van der Waals surface area contributed by atoms with Crippen LogP contribution in [0.5, 0.6) is 0 Å². The van der Waals surface area contributed by atoms with Gasteiger partial charge in [0.25, 0.3) is 0 Å². The number of likely N-dealkylation sites (N-methyl/N-ethyl adjacent to an activating group) is 1. The van der Waals surface area contributed by atoms with E-state index >= 15 is 0 Å². The van der Waals surface area contributed by atoms with Crippen molar-refractivity contribution in [2.75, 3.05) is 46.3 Å². The second kappa shape index (κ2) is 10.5. The molecule has 0 unspecified atom stereocenters. The summed E-state index contributed by atoms with van der Waals surface area (Å²) in [5, 5.41) is 4.46. The van der Waals surface area contributed by atoms with Crippen LogP contribution in [-0.4, -0.2) is 71.7 Å². The van der Waals surface area contributed by atoms with Gasteiger partial charge in [0.1, 0.15) is 5.84 Å². The molecule has 1 aromatic carbocycles. The molecule has 2 aromatic rings. The molecule has 1 aliphatic heterocycles. The third kappa shape index (κ3) is 5.88. The highest BCUT2D eigenvalue weighted by atomic mass is 35.5. The van der Waals surface area contributed by atoms with Crippen molar-refractivity contribution in [2.45, 2.75) is 0 Å². The van der Waals surface area contributed by atoms with Gasteiger partial charge in [0.05, 0.1) is 34.7 Å². The minimum atomic E-state index is 0.263. The zero-order valence-corrected chi connectivity index (χ0v) is 18.9. The van der Waals surface area contributed by atoms with E-state index in [1.165, 1.54) is 0 Å². The standard InChI is InChI=1S/C22H31ClN8/c1-29-10-12-31(13-11-29)9-8-27-22(26)18(20(24)17-14-28-30(2)15-17)19(23)21(25)16-6-4-3-5-7-16/h3-7,14-15H,8-13,24-25H2,1-2H3,(H2,26,27)/b20-18?,21-19+. The zero-order chi connectivity index (χ0) is 22.4. The number of nitrogens with two attached hydrogens (primary N) is 3. The van der Waals surface area contributed by atoms with Crippen molar-refractivity contribution in [1.29, 1.82) is 0 Å². The Morgan fingerprint density at radius 1 is 1.00 bits per heavy atom. The van der Waals surface area contributed by atoms with Crippen LogP contribution in [0, 0.1) is 0 Å². The number of amidine groups is 1. The van der Waals surface area contributed by atoms with Gasteiger partial charge in [0.2, 0.25) is 0 Å². The molecule has 0 spiro atoms. The third-order valence-corrected chi connectivity index (χ3v) is 5.77. The molecule has 0 saturated carbocycles. The molecule has 2 heterocycles. The first-order valence-corrected chi connectivity index (χ1v) is 10.7. The van der Waals surface area contributed by atoms with E-state index in [0.717, 1.165) is 38.3 Å². The lowest BCUT2D eigenvalue weighted by atomic mass is 10.0. The van der Waals surface area contributed by atoms with Crippen molar-refractivity contribution in [2.24, 2.45) is 29.2 Å². The van der Waals surface area contributed by atoms with Crippen LogP contribution in [0.1, 0.15) is 11.1 Å². The molecule has 3 rings (SSSR count). The highest BCUT2D eigenvalue weighted by Crippen LogP contribution is 2.28. The Kier molecular flexibility index (Phi) is 7.73. The van der Waals surface area contributed by atoms with Crippen LogP contribution in [0.2, 0.25) is 0 Å². The molecule has 9 heteroatoms. The lowest BCUT2D eigenvalue weighted by molar-refractivity contribution is 0.157. The van der Waals surface area contributed by atoms with Crippen molar-refractivity contribution < 1.29 is 0 Å². The molecule has 8 nitrogen and oxygen atoms in total.